The molecular formula is C27H31N3O4. The van der Waals surface area contributed by atoms with Gasteiger partial charge in [-0.15, -0.1) is 0 Å². The largest absolute Gasteiger partial charge is 0.480 e. The van der Waals surface area contributed by atoms with Crippen LogP contribution < -0.4 is 4.90 Å². The summed E-state index contributed by atoms with van der Waals surface area (Å²) in [4.78, 5) is 22.9. The van der Waals surface area contributed by atoms with Crippen LogP contribution in [0.1, 0.15) is 26.7 Å². The van der Waals surface area contributed by atoms with Crippen LogP contribution in [-0.2, 0) is 14.3 Å². The molecule has 0 spiro atoms. The lowest BCUT2D eigenvalue weighted by atomic mass is 10.0. The number of nitrogens with zero attached hydrogens (tertiary/aromatic N) is 3. The van der Waals surface area contributed by atoms with Crippen LogP contribution in [0, 0.1) is 0 Å². The van der Waals surface area contributed by atoms with E-state index in [4.69, 9.17) is 24.5 Å². The predicted molar refractivity (Wildman–Crippen MR) is 132 cm³/mol. The van der Waals surface area contributed by atoms with Crippen molar-refractivity contribution >= 4 is 11.8 Å². The molecule has 34 heavy (non-hydrogen) atoms. The minimum absolute atomic E-state index is 0.166. The monoisotopic (exact) mass is 461 g/mol. The van der Waals surface area contributed by atoms with E-state index in [0.29, 0.717) is 6.61 Å². The number of rotatable bonds is 10. The molecule has 1 aliphatic heterocycles. The molecule has 1 aliphatic rings. The first-order valence-electron chi connectivity index (χ1n) is 11.6. The highest BCUT2D eigenvalue weighted by atomic mass is 16.5. The molecule has 0 radical (unpaired) electrons. The third kappa shape index (κ3) is 5.98. The standard InChI is InChI=1S/C27H31N3O4/c1-27(2,19-33-18-24(31)32)34-17-22-14-9-15-30(22)23-16-28-25(20-10-5-3-6-11-20)26(29-23)21-12-7-4-8-13-21/h3-8,10-13,16,22H,9,14-15,17-19H2,1-2H3,(H,31,32)/t22-/m1/s1. The molecule has 1 N–H and O–H groups in total. The Morgan fingerprint density at radius 1 is 1.06 bits per heavy atom. The van der Waals surface area contributed by atoms with E-state index in [2.05, 4.69) is 29.2 Å². The van der Waals surface area contributed by atoms with Crippen molar-refractivity contribution in [1.82, 2.24) is 9.97 Å². The molecule has 7 heteroatoms. The summed E-state index contributed by atoms with van der Waals surface area (Å²) in [5.74, 6) is -0.144. The minimum atomic E-state index is -0.982. The van der Waals surface area contributed by atoms with E-state index >= 15 is 0 Å². The van der Waals surface area contributed by atoms with Crippen LogP contribution in [0.25, 0.3) is 22.5 Å². The van der Waals surface area contributed by atoms with Gasteiger partial charge in [-0.3, -0.25) is 4.98 Å². The summed E-state index contributed by atoms with van der Waals surface area (Å²) in [6, 6.07) is 20.4. The fraction of sp³-hybridized carbons (Fsp3) is 0.370. The first-order valence-corrected chi connectivity index (χ1v) is 11.6. The van der Waals surface area contributed by atoms with Gasteiger partial charge < -0.3 is 19.5 Å². The molecule has 7 nitrogen and oxygen atoms in total. The van der Waals surface area contributed by atoms with Gasteiger partial charge in [-0.05, 0) is 26.7 Å². The van der Waals surface area contributed by atoms with Crippen LogP contribution in [0.3, 0.4) is 0 Å². The van der Waals surface area contributed by atoms with Gasteiger partial charge in [0.15, 0.2) is 0 Å². The van der Waals surface area contributed by atoms with Crippen molar-refractivity contribution in [2.75, 3.05) is 31.3 Å². The van der Waals surface area contributed by atoms with Crippen molar-refractivity contribution < 1.29 is 19.4 Å². The first kappa shape index (κ1) is 23.9. The van der Waals surface area contributed by atoms with Gasteiger partial charge in [0.25, 0.3) is 0 Å². The van der Waals surface area contributed by atoms with Crippen molar-refractivity contribution in [3.8, 4) is 22.5 Å². The molecule has 2 heterocycles. The van der Waals surface area contributed by atoms with Crippen LogP contribution in [0.4, 0.5) is 5.82 Å². The molecule has 2 aromatic carbocycles. The van der Waals surface area contributed by atoms with E-state index in [1.807, 2.05) is 56.4 Å². The topological polar surface area (TPSA) is 84.8 Å². The summed E-state index contributed by atoms with van der Waals surface area (Å²) in [5, 5.41) is 8.79. The SMILES string of the molecule is CC(C)(COCC(=O)O)OC[C@H]1CCCN1c1cnc(-c2ccccc2)c(-c2ccccc2)n1. The molecule has 3 aromatic rings. The maximum Gasteiger partial charge on any atom is 0.329 e. The van der Waals surface area contributed by atoms with Crippen molar-refractivity contribution in [3.05, 3.63) is 66.9 Å². The Kier molecular flexibility index (Phi) is 7.55. The predicted octanol–water partition coefficient (Wildman–Crippen LogP) is 4.68. The van der Waals surface area contributed by atoms with Crippen LogP contribution in [0.2, 0.25) is 0 Å². The van der Waals surface area contributed by atoms with Crippen molar-refractivity contribution in [2.24, 2.45) is 0 Å². The van der Waals surface area contributed by atoms with Gasteiger partial charge in [-0.2, -0.15) is 0 Å². The number of ether oxygens (including phenoxy) is 2. The number of hydrogen-bond donors (Lipinski definition) is 1. The summed E-state index contributed by atoms with van der Waals surface area (Å²) in [6.07, 6.45) is 3.90. The highest BCUT2D eigenvalue weighted by Crippen LogP contribution is 2.32. The lowest BCUT2D eigenvalue weighted by Gasteiger charge is -2.31. The summed E-state index contributed by atoms with van der Waals surface area (Å²) < 4.78 is 11.4. The van der Waals surface area contributed by atoms with Gasteiger partial charge in [0, 0.05) is 17.7 Å². The van der Waals surface area contributed by atoms with E-state index in [1.54, 1.807) is 0 Å². The average molecular weight is 462 g/mol. The fourth-order valence-corrected chi connectivity index (χ4v) is 4.18. The van der Waals surface area contributed by atoms with Crippen LogP contribution in [0.15, 0.2) is 66.9 Å². The van der Waals surface area contributed by atoms with Gasteiger partial charge in [0.05, 0.1) is 42.4 Å². The zero-order valence-corrected chi connectivity index (χ0v) is 19.7. The number of hydrogen-bond acceptors (Lipinski definition) is 6. The number of carboxylic acid groups (broad SMARTS) is 1. The van der Waals surface area contributed by atoms with E-state index in [-0.39, 0.29) is 19.3 Å². The fourth-order valence-electron chi connectivity index (χ4n) is 4.18. The number of anilines is 1. The van der Waals surface area contributed by atoms with Gasteiger partial charge in [-0.1, -0.05) is 60.7 Å². The molecule has 0 bridgehead atoms. The Balaban J connectivity index is 1.54. The first-order chi connectivity index (χ1) is 16.4. The molecule has 0 aliphatic carbocycles. The molecule has 0 amide bonds. The highest BCUT2D eigenvalue weighted by Gasteiger charge is 2.30. The Morgan fingerprint density at radius 3 is 2.35 bits per heavy atom. The summed E-state index contributed by atoms with van der Waals surface area (Å²) in [5.41, 5.74) is 3.20. The van der Waals surface area contributed by atoms with Crippen LogP contribution >= 0.6 is 0 Å². The third-order valence-electron chi connectivity index (χ3n) is 5.87. The Hall–Kier alpha value is -3.29. The molecule has 1 fully saturated rings. The van der Waals surface area contributed by atoms with Gasteiger partial charge in [-0.25, -0.2) is 9.78 Å². The third-order valence-corrected chi connectivity index (χ3v) is 5.87. The van der Waals surface area contributed by atoms with E-state index < -0.39 is 11.6 Å². The highest BCUT2D eigenvalue weighted by molar-refractivity contribution is 5.78. The second-order valence-corrected chi connectivity index (χ2v) is 9.10. The number of carbonyl (C=O) groups is 1. The van der Waals surface area contributed by atoms with E-state index in [0.717, 1.165) is 47.7 Å². The lowest BCUT2D eigenvalue weighted by molar-refractivity contribution is -0.146. The smallest absolute Gasteiger partial charge is 0.329 e. The quantitative estimate of drug-likeness (QED) is 0.469. The van der Waals surface area contributed by atoms with Crippen LogP contribution in [-0.4, -0.2) is 59.1 Å². The molecule has 1 aromatic heterocycles. The second-order valence-electron chi connectivity index (χ2n) is 9.10. The normalized spacial score (nSPS) is 16.1. The molecule has 0 unspecified atom stereocenters. The molecular weight excluding hydrogens is 430 g/mol. The second kappa shape index (κ2) is 10.8. The zero-order valence-electron chi connectivity index (χ0n) is 19.7. The summed E-state index contributed by atoms with van der Waals surface area (Å²) in [6.45, 7) is 5.11. The van der Waals surface area contributed by atoms with E-state index in [9.17, 15) is 4.79 Å². The summed E-state index contributed by atoms with van der Waals surface area (Å²) >= 11 is 0. The minimum Gasteiger partial charge on any atom is -0.480 e. The average Bonchev–Trinajstić information content (AvgIpc) is 3.32. The Labute approximate surface area is 200 Å². The number of benzene rings is 2. The van der Waals surface area contributed by atoms with Gasteiger partial charge in [0.2, 0.25) is 0 Å². The Morgan fingerprint density at radius 2 is 1.71 bits per heavy atom. The summed E-state index contributed by atoms with van der Waals surface area (Å²) in [7, 11) is 0. The molecule has 178 valence electrons. The molecule has 1 atom stereocenters. The number of carboxylic acids is 1. The number of aromatic nitrogens is 2. The maximum atomic E-state index is 10.7. The van der Waals surface area contributed by atoms with Crippen molar-refractivity contribution in [3.63, 3.8) is 0 Å². The maximum absolute atomic E-state index is 10.7. The van der Waals surface area contributed by atoms with Crippen molar-refractivity contribution in [1.29, 1.82) is 0 Å². The molecule has 4 rings (SSSR count). The zero-order chi connectivity index (χ0) is 24.0. The van der Waals surface area contributed by atoms with Crippen molar-refractivity contribution in [2.45, 2.75) is 38.3 Å². The Bertz CT molecular complexity index is 1090. The lowest BCUT2D eigenvalue weighted by Crippen LogP contribution is -2.39. The van der Waals surface area contributed by atoms with E-state index in [1.165, 1.54) is 0 Å². The van der Waals surface area contributed by atoms with Gasteiger partial charge >= 0.3 is 5.97 Å². The van der Waals surface area contributed by atoms with Crippen LogP contribution in [0.5, 0.6) is 0 Å². The molecule has 0 saturated carbocycles. The molecule has 1 saturated heterocycles. The number of aliphatic carboxylic acids is 1. The van der Waals surface area contributed by atoms with Gasteiger partial charge in [0.1, 0.15) is 12.4 Å².